The van der Waals surface area contributed by atoms with Crippen LogP contribution in [0, 0.1) is 0 Å². The maximum absolute atomic E-state index is 13.6. The lowest BCUT2D eigenvalue weighted by molar-refractivity contribution is -0.126. The van der Waals surface area contributed by atoms with Gasteiger partial charge in [0.1, 0.15) is 5.54 Å². The number of nitrogens with zero attached hydrogens (tertiary/aromatic N) is 4. The largest absolute Gasteiger partial charge is 0.461 e. The standard InChI is InChI=1S/C22H24N6O4S/c1-13(19(30)28-15-8-5-4-7-14(15)24-20(31)22(28,2)3)33-21-26-25-18(16-9-6-12-32-16)27(21)11-10-17(23)29/h4-9,12-13H,10-11H2,1-3H3,(H2,23,29)(H,24,31). The first kappa shape index (κ1) is 22.6. The van der Waals surface area contributed by atoms with E-state index in [4.69, 9.17) is 10.2 Å². The molecule has 0 aliphatic carbocycles. The summed E-state index contributed by atoms with van der Waals surface area (Å²) in [6, 6.07) is 10.6. The Morgan fingerprint density at radius 1 is 1.21 bits per heavy atom. The lowest BCUT2D eigenvalue weighted by Gasteiger charge is -2.43. The maximum Gasteiger partial charge on any atom is 0.250 e. The molecule has 3 N–H and O–H groups in total. The summed E-state index contributed by atoms with van der Waals surface area (Å²) >= 11 is 1.19. The minimum atomic E-state index is -1.08. The molecule has 0 spiro atoms. The van der Waals surface area contributed by atoms with Crippen LogP contribution in [-0.4, -0.2) is 43.3 Å². The number of furan rings is 1. The smallest absolute Gasteiger partial charge is 0.250 e. The molecule has 10 nitrogen and oxygen atoms in total. The number of nitrogens with one attached hydrogen (secondary N) is 1. The summed E-state index contributed by atoms with van der Waals surface area (Å²) in [6.07, 6.45) is 1.59. The minimum Gasteiger partial charge on any atom is -0.461 e. The molecule has 3 aromatic rings. The average molecular weight is 469 g/mol. The van der Waals surface area contributed by atoms with Gasteiger partial charge in [-0.05, 0) is 45.0 Å². The Morgan fingerprint density at radius 2 is 1.97 bits per heavy atom. The van der Waals surface area contributed by atoms with Crippen LogP contribution in [0.15, 0.2) is 52.2 Å². The number of fused-ring (bicyclic) bond motifs is 1. The summed E-state index contributed by atoms with van der Waals surface area (Å²) in [7, 11) is 0. The van der Waals surface area contributed by atoms with Gasteiger partial charge >= 0.3 is 0 Å². The van der Waals surface area contributed by atoms with Crippen molar-refractivity contribution in [1.29, 1.82) is 0 Å². The third kappa shape index (κ3) is 4.23. The third-order valence-electron chi connectivity index (χ3n) is 5.40. The van der Waals surface area contributed by atoms with Gasteiger partial charge in [0.05, 0.1) is 22.9 Å². The molecule has 1 atom stereocenters. The number of carbonyl (C=O) groups is 3. The molecule has 11 heteroatoms. The Labute approximate surface area is 194 Å². The lowest BCUT2D eigenvalue weighted by Crippen LogP contribution is -2.60. The molecule has 172 valence electrons. The topological polar surface area (TPSA) is 136 Å². The van der Waals surface area contributed by atoms with Crippen molar-refractivity contribution in [2.75, 3.05) is 10.2 Å². The molecule has 3 amide bonds. The minimum absolute atomic E-state index is 0.0777. The fourth-order valence-electron chi connectivity index (χ4n) is 3.62. The van der Waals surface area contributed by atoms with Crippen LogP contribution in [0.2, 0.25) is 0 Å². The van der Waals surface area contributed by atoms with Crippen molar-refractivity contribution < 1.29 is 18.8 Å². The van der Waals surface area contributed by atoms with Crippen molar-refractivity contribution in [2.24, 2.45) is 5.73 Å². The number of hydrogen-bond donors (Lipinski definition) is 2. The molecule has 0 saturated carbocycles. The molecular formula is C22H24N6O4S. The van der Waals surface area contributed by atoms with E-state index in [2.05, 4.69) is 15.5 Å². The average Bonchev–Trinajstić information content (AvgIpc) is 3.42. The zero-order valence-corrected chi connectivity index (χ0v) is 19.3. The Hall–Kier alpha value is -3.60. The number of amides is 3. The van der Waals surface area contributed by atoms with E-state index < -0.39 is 16.7 Å². The van der Waals surface area contributed by atoms with Crippen LogP contribution in [0.3, 0.4) is 0 Å². The van der Waals surface area contributed by atoms with Gasteiger partial charge in [0.15, 0.2) is 16.7 Å². The number of rotatable bonds is 7. The second-order valence-electron chi connectivity index (χ2n) is 8.12. The highest BCUT2D eigenvalue weighted by molar-refractivity contribution is 8.00. The van der Waals surface area contributed by atoms with Crippen molar-refractivity contribution in [3.63, 3.8) is 0 Å². The van der Waals surface area contributed by atoms with Gasteiger partial charge in [-0.1, -0.05) is 23.9 Å². The second-order valence-corrected chi connectivity index (χ2v) is 9.42. The van der Waals surface area contributed by atoms with E-state index in [0.717, 1.165) is 0 Å². The quantitative estimate of drug-likeness (QED) is 0.509. The molecule has 4 rings (SSSR count). The van der Waals surface area contributed by atoms with Crippen LogP contribution < -0.4 is 16.0 Å². The molecule has 3 heterocycles. The number of aromatic nitrogens is 3. The first-order valence-electron chi connectivity index (χ1n) is 10.4. The van der Waals surface area contributed by atoms with Crippen LogP contribution in [0.1, 0.15) is 27.2 Å². The van der Waals surface area contributed by atoms with E-state index in [1.807, 2.05) is 6.07 Å². The fourth-order valence-corrected chi connectivity index (χ4v) is 4.54. The highest BCUT2D eigenvalue weighted by Crippen LogP contribution is 2.39. The first-order chi connectivity index (χ1) is 15.7. The SMILES string of the molecule is CC(Sc1nnc(-c2ccco2)n1CCC(N)=O)C(=O)N1c2ccccc2NC(=O)C1(C)C. The fraction of sp³-hybridized carbons (Fsp3) is 0.318. The van der Waals surface area contributed by atoms with Crippen molar-refractivity contribution in [3.05, 3.63) is 42.7 Å². The predicted octanol–water partition coefficient (Wildman–Crippen LogP) is 2.66. The number of anilines is 2. The number of para-hydroxylation sites is 2. The van der Waals surface area contributed by atoms with Gasteiger partial charge < -0.3 is 15.5 Å². The highest BCUT2D eigenvalue weighted by atomic mass is 32.2. The molecule has 33 heavy (non-hydrogen) atoms. The van der Waals surface area contributed by atoms with Gasteiger partial charge in [-0.25, -0.2) is 0 Å². The molecule has 0 saturated heterocycles. The number of benzene rings is 1. The van der Waals surface area contributed by atoms with Crippen LogP contribution in [0.25, 0.3) is 11.6 Å². The number of carbonyl (C=O) groups excluding carboxylic acids is 3. The number of nitrogens with two attached hydrogens (primary N) is 1. The van der Waals surface area contributed by atoms with Gasteiger partial charge in [0, 0.05) is 13.0 Å². The van der Waals surface area contributed by atoms with Crippen molar-refractivity contribution in [1.82, 2.24) is 14.8 Å². The zero-order chi connectivity index (χ0) is 23.8. The van der Waals surface area contributed by atoms with Gasteiger partial charge in [-0.15, -0.1) is 10.2 Å². The van der Waals surface area contributed by atoms with E-state index >= 15 is 0 Å². The molecule has 1 aliphatic heterocycles. The molecular weight excluding hydrogens is 444 g/mol. The molecule has 1 aromatic carbocycles. The number of thioether (sulfide) groups is 1. The molecule has 1 unspecified atom stereocenters. The van der Waals surface area contributed by atoms with E-state index in [0.29, 0.717) is 28.1 Å². The molecule has 2 aromatic heterocycles. The number of hydrogen-bond acceptors (Lipinski definition) is 7. The Bertz CT molecular complexity index is 1200. The summed E-state index contributed by atoms with van der Waals surface area (Å²) < 4.78 is 7.15. The Kier molecular flexibility index (Phi) is 5.98. The van der Waals surface area contributed by atoms with Crippen LogP contribution in [0.4, 0.5) is 11.4 Å². The summed E-state index contributed by atoms with van der Waals surface area (Å²) in [5, 5.41) is 11.1. The van der Waals surface area contributed by atoms with Crippen LogP contribution >= 0.6 is 11.8 Å². The molecule has 0 fully saturated rings. The second kappa shape index (κ2) is 8.74. The van der Waals surface area contributed by atoms with E-state index in [1.165, 1.54) is 22.9 Å². The first-order valence-corrected chi connectivity index (χ1v) is 11.2. The lowest BCUT2D eigenvalue weighted by atomic mass is 9.96. The normalized spacial score (nSPS) is 15.6. The van der Waals surface area contributed by atoms with E-state index in [-0.39, 0.29) is 24.8 Å². The van der Waals surface area contributed by atoms with Crippen molar-refractivity contribution in [3.8, 4) is 11.6 Å². The Balaban J connectivity index is 1.64. The predicted molar refractivity (Wildman–Crippen MR) is 123 cm³/mol. The van der Waals surface area contributed by atoms with E-state index in [1.54, 1.807) is 55.7 Å². The van der Waals surface area contributed by atoms with Gasteiger partial charge in [-0.2, -0.15) is 0 Å². The van der Waals surface area contributed by atoms with Gasteiger partial charge in [0.25, 0.3) is 0 Å². The summed E-state index contributed by atoms with van der Waals surface area (Å²) in [6.45, 7) is 5.40. The molecule has 0 radical (unpaired) electrons. The van der Waals surface area contributed by atoms with Crippen molar-refractivity contribution in [2.45, 2.75) is 49.7 Å². The van der Waals surface area contributed by atoms with Gasteiger partial charge in [0.2, 0.25) is 17.7 Å². The summed E-state index contributed by atoms with van der Waals surface area (Å²) in [5.41, 5.74) is 5.47. The number of primary amides is 1. The van der Waals surface area contributed by atoms with Crippen LogP contribution in [0.5, 0.6) is 0 Å². The zero-order valence-electron chi connectivity index (χ0n) is 18.4. The van der Waals surface area contributed by atoms with Crippen molar-refractivity contribution >= 4 is 40.9 Å². The van der Waals surface area contributed by atoms with Gasteiger partial charge in [-0.3, -0.25) is 23.9 Å². The molecule has 0 bridgehead atoms. The van der Waals surface area contributed by atoms with Crippen LogP contribution in [-0.2, 0) is 20.9 Å². The highest BCUT2D eigenvalue weighted by Gasteiger charge is 2.45. The summed E-state index contributed by atoms with van der Waals surface area (Å²) in [5.74, 6) is -0.0633. The third-order valence-corrected chi connectivity index (χ3v) is 6.47. The monoisotopic (exact) mass is 468 g/mol. The summed E-state index contributed by atoms with van der Waals surface area (Å²) in [4.78, 5) is 39.3. The maximum atomic E-state index is 13.6. The molecule has 1 aliphatic rings. The Morgan fingerprint density at radius 3 is 2.67 bits per heavy atom. The van der Waals surface area contributed by atoms with E-state index in [9.17, 15) is 14.4 Å².